The average molecular weight is 96.1 g/mol. The van der Waals surface area contributed by atoms with Crippen molar-refractivity contribution in [2.24, 2.45) is 0 Å². The van der Waals surface area contributed by atoms with E-state index in [1.165, 1.54) is 6.20 Å². The number of rotatable bonds is 3. The molecule has 0 rings (SSSR count). The SMILES string of the molecule is C=CNC(=C)C=N. The zero-order valence-corrected chi connectivity index (χ0v) is 4.07. The fourth-order valence-corrected chi connectivity index (χ4v) is 0.173. The largest absolute Gasteiger partial charge is 0.362 e. The summed E-state index contributed by atoms with van der Waals surface area (Å²) in [6.07, 6.45) is 2.61. The average Bonchev–Trinajstić information content (AvgIpc) is 1.68. The molecule has 0 bridgehead atoms. The maximum Gasteiger partial charge on any atom is 0.0485 e. The van der Waals surface area contributed by atoms with Crippen LogP contribution in [-0.4, -0.2) is 6.21 Å². The molecule has 2 nitrogen and oxygen atoms in total. The van der Waals surface area contributed by atoms with E-state index >= 15 is 0 Å². The molecule has 0 saturated heterocycles. The Morgan fingerprint density at radius 1 is 1.71 bits per heavy atom. The van der Waals surface area contributed by atoms with Crippen molar-refractivity contribution in [3.63, 3.8) is 0 Å². The van der Waals surface area contributed by atoms with E-state index < -0.39 is 0 Å². The first-order chi connectivity index (χ1) is 3.31. The van der Waals surface area contributed by atoms with Crippen molar-refractivity contribution in [2.45, 2.75) is 0 Å². The minimum absolute atomic E-state index is 0.551. The lowest BCUT2D eigenvalue weighted by Gasteiger charge is -1.91. The molecule has 2 heteroatoms. The lowest BCUT2D eigenvalue weighted by atomic mass is 10.5. The molecule has 0 aliphatic rings. The van der Waals surface area contributed by atoms with Gasteiger partial charge < -0.3 is 10.7 Å². The van der Waals surface area contributed by atoms with Gasteiger partial charge in [-0.25, -0.2) is 0 Å². The molecule has 0 unspecified atom stereocenters. The van der Waals surface area contributed by atoms with Gasteiger partial charge in [0.1, 0.15) is 0 Å². The predicted octanol–water partition coefficient (Wildman–Crippen LogP) is 0.883. The van der Waals surface area contributed by atoms with Crippen LogP contribution in [0.1, 0.15) is 0 Å². The van der Waals surface area contributed by atoms with E-state index in [0.29, 0.717) is 5.70 Å². The highest BCUT2D eigenvalue weighted by Gasteiger charge is 1.73. The molecule has 0 spiro atoms. The summed E-state index contributed by atoms with van der Waals surface area (Å²) in [5, 5.41) is 9.20. The van der Waals surface area contributed by atoms with Gasteiger partial charge in [-0.3, -0.25) is 0 Å². The summed E-state index contributed by atoms with van der Waals surface area (Å²) in [7, 11) is 0. The zero-order chi connectivity index (χ0) is 5.70. The van der Waals surface area contributed by atoms with Crippen molar-refractivity contribution in [3.8, 4) is 0 Å². The van der Waals surface area contributed by atoms with Crippen LogP contribution in [0.4, 0.5) is 0 Å². The Morgan fingerprint density at radius 3 is 2.43 bits per heavy atom. The first-order valence-electron chi connectivity index (χ1n) is 1.88. The third-order valence-corrected chi connectivity index (χ3v) is 0.462. The molecular weight excluding hydrogens is 88.1 g/mol. The molecule has 2 N–H and O–H groups in total. The van der Waals surface area contributed by atoms with Crippen LogP contribution in [0.2, 0.25) is 0 Å². The highest BCUT2D eigenvalue weighted by Crippen LogP contribution is 1.71. The van der Waals surface area contributed by atoms with E-state index in [-0.39, 0.29) is 0 Å². The second-order valence-electron chi connectivity index (χ2n) is 1.02. The highest BCUT2D eigenvalue weighted by molar-refractivity contribution is 5.73. The molecule has 0 aliphatic heterocycles. The third-order valence-electron chi connectivity index (χ3n) is 0.462. The predicted molar refractivity (Wildman–Crippen MR) is 31.3 cm³/mol. The van der Waals surface area contributed by atoms with Gasteiger partial charge in [0.15, 0.2) is 0 Å². The monoisotopic (exact) mass is 96.1 g/mol. The standard InChI is InChI=1S/C5H8N2/c1-3-7-5(2)4-6/h3-4,6-7H,1-2H2. The van der Waals surface area contributed by atoms with Gasteiger partial charge in [0.05, 0.1) is 0 Å². The van der Waals surface area contributed by atoms with Gasteiger partial charge in [-0.2, -0.15) is 0 Å². The Bertz CT molecular complexity index is 94.3. The molecule has 0 atom stereocenters. The molecule has 0 aliphatic carbocycles. The van der Waals surface area contributed by atoms with Crippen molar-refractivity contribution < 1.29 is 0 Å². The lowest BCUT2D eigenvalue weighted by Crippen LogP contribution is -2.01. The minimum Gasteiger partial charge on any atom is -0.362 e. The first kappa shape index (κ1) is 5.95. The molecule has 7 heavy (non-hydrogen) atoms. The van der Waals surface area contributed by atoms with Crippen LogP contribution in [0.25, 0.3) is 0 Å². The second kappa shape index (κ2) is 3.15. The number of hydrogen-bond acceptors (Lipinski definition) is 2. The van der Waals surface area contributed by atoms with Crippen LogP contribution in [0.5, 0.6) is 0 Å². The van der Waals surface area contributed by atoms with Crippen molar-refractivity contribution in [1.82, 2.24) is 5.32 Å². The molecule has 0 saturated carbocycles. The zero-order valence-electron chi connectivity index (χ0n) is 4.07. The minimum atomic E-state index is 0.551. The van der Waals surface area contributed by atoms with Crippen LogP contribution in [0, 0.1) is 5.41 Å². The number of nitrogens with one attached hydrogen (secondary N) is 2. The van der Waals surface area contributed by atoms with Gasteiger partial charge >= 0.3 is 0 Å². The Kier molecular flexibility index (Phi) is 2.68. The summed E-state index contributed by atoms with van der Waals surface area (Å²) in [5.74, 6) is 0. The molecule has 0 fully saturated rings. The van der Waals surface area contributed by atoms with Crippen LogP contribution in [0.15, 0.2) is 25.1 Å². The normalized spacial score (nSPS) is 6.86. The topological polar surface area (TPSA) is 35.9 Å². The van der Waals surface area contributed by atoms with E-state index in [2.05, 4.69) is 18.5 Å². The third kappa shape index (κ3) is 2.76. The van der Waals surface area contributed by atoms with Crippen LogP contribution in [-0.2, 0) is 0 Å². The molecule has 0 amide bonds. The van der Waals surface area contributed by atoms with E-state index in [1.807, 2.05) is 0 Å². The summed E-state index contributed by atoms with van der Waals surface area (Å²) < 4.78 is 0. The Balaban J connectivity index is 3.36. The maximum atomic E-state index is 6.58. The summed E-state index contributed by atoms with van der Waals surface area (Å²) in [6, 6.07) is 0. The van der Waals surface area contributed by atoms with Gasteiger partial charge in [0.2, 0.25) is 0 Å². The number of allylic oxidation sites excluding steroid dienone is 1. The van der Waals surface area contributed by atoms with Gasteiger partial charge in [0, 0.05) is 11.9 Å². The quantitative estimate of drug-likeness (QED) is 0.503. The molecule has 0 heterocycles. The van der Waals surface area contributed by atoms with E-state index in [4.69, 9.17) is 5.41 Å². The van der Waals surface area contributed by atoms with Crippen molar-refractivity contribution >= 4 is 6.21 Å². The smallest absolute Gasteiger partial charge is 0.0485 e. The molecule has 0 aromatic carbocycles. The van der Waals surface area contributed by atoms with E-state index in [9.17, 15) is 0 Å². The Labute approximate surface area is 43.1 Å². The summed E-state index contributed by atoms with van der Waals surface area (Å²) in [5.41, 5.74) is 0.551. The van der Waals surface area contributed by atoms with Crippen molar-refractivity contribution in [1.29, 1.82) is 5.41 Å². The molecule has 38 valence electrons. The van der Waals surface area contributed by atoms with Crippen molar-refractivity contribution in [2.75, 3.05) is 0 Å². The van der Waals surface area contributed by atoms with Crippen LogP contribution >= 0.6 is 0 Å². The summed E-state index contributed by atoms with van der Waals surface area (Å²) in [4.78, 5) is 0. The summed E-state index contributed by atoms with van der Waals surface area (Å²) in [6.45, 7) is 6.81. The van der Waals surface area contributed by atoms with Crippen molar-refractivity contribution in [3.05, 3.63) is 25.1 Å². The number of hydrogen-bond donors (Lipinski definition) is 2. The van der Waals surface area contributed by atoms with Gasteiger partial charge in [-0.05, 0) is 6.20 Å². The molecular formula is C5H8N2. The Hall–Kier alpha value is -1.05. The fourth-order valence-electron chi connectivity index (χ4n) is 0.173. The van der Waals surface area contributed by atoms with Gasteiger partial charge in [-0.15, -0.1) is 0 Å². The molecule has 0 radical (unpaired) electrons. The van der Waals surface area contributed by atoms with Gasteiger partial charge in [-0.1, -0.05) is 13.2 Å². The maximum absolute atomic E-state index is 6.58. The van der Waals surface area contributed by atoms with Gasteiger partial charge in [0.25, 0.3) is 0 Å². The van der Waals surface area contributed by atoms with Crippen LogP contribution in [0.3, 0.4) is 0 Å². The molecule has 0 aromatic rings. The van der Waals surface area contributed by atoms with Crippen LogP contribution < -0.4 is 5.32 Å². The summed E-state index contributed by atoms with van der Waals surface area (Å²) >= 11 is 0. The highest BCUT2D eigenvalue weighted by atomic mass is 14.8. The second-order valence-corrected chi connectivity index (χ2v) is 1.02. The fraction of sp³-hybridized carbons (Fsp3) is 0. The van der Waals surface area contributed by atoms with E-state index in [0.717, 1.165) is 6.21 Å². The first-order valence-corrected chi connectivity index (χ1v) is 1.88. The Morgan fingerprint density at radius 2 is 2.29 bits per heavy atom. The lowest BCUT2D eigenvalue weighted by molar-refractivity contribution is 1.16. The molecule has 0 aromatic heterocycles. The van der Waals surface area contributed by atoms with E-state index in [1.54, 1.807) is 0 Å².